The van der Waals surface area contributed by atoms with Crippen molar-refractivity contribution in [2.45, 2.75) is 19.9 Å². The van der Waals surface area contributed by atoms with Crippen LogP contribution in [0.1, 0.15) is 24.2 Å². The molecule has 38 heavy (non-hydrogen) atoms. The van der Waals surface area contributed by atoms with Crippen LogP contribution in [0.5, 0.6) is 5.75 Å². The Bertz CT molecular complexity index is 1410. The van der Waals surface area contributed by atoms with Crippen molar-refractivity contribution in [2.24, 2.45) is 5.73 Å². The number of anilines is 5. The van der Waals surface area contributed by atoms with Gasteiger partial charge in [0.15, 0.2) is 0 Å². The first kappa shape index (κ1) is 25.3. The first-order valence-electron chi connectivity index (χ1n) is 12.5. The number of nitrogens with zero attached hydrogens (tertiary/aromatic N) is 4. The summed E-state index contributed by atoms with van der Waals surface area (Å²) in [4.78, 5) is 28.9. The molecule has 0 spiro atoms. The Morgan fingerprint density at radius 2 is 1.87 bits per heavy atom. The lowest BCUT2D eigenvalue weighted by molar-refractivity contribution is 0.100. The molecule has 0 radical (unpaired) electrons. The smallest absolute Gasteiger partial charge is 0.250 e. The van der Waals surface area contributed by atoms with Crippen LogP contribution in [-0.4, -0.2) is 65.1 Å². The van der Waals surface area contributed by atoms with Crippen molar-refractivity contribution < 1.29 is 13.9 Å². The van der Waals surface area contributed by atoms with Crippen molar-refractivity contribution in [3.8, 4) is 17.1 Å². The number of carbonyl (C=O) groups is 1. The van der Waals surface area contributed by atoms with Gasteiger partial charge >= 0.3 is 0 Å². The number of halogens is 1. The summed E-state index contributed by atoms with van der Waals surface area (Å²) < 4.78 is 19.7. The van der Waals surface area contributed by atoms with E-state index in [0.717, 1.165) is 31.9 Å². The molecule has 0 bridgehead atoms. The molecule has 3 heterocycles. The average molecular weight is 519 g/mol. The summed E-state index contributed by atoms with van der Waals surface area (Å²) in [5, 5.41) is 6.32. The Morgan fingerprint density at radius 1 is 1.08 bits per heavy atom. The normalized spacial score (nSPS) is 14.2. The standard InChI is InChI=1S/C27H31FN8O2/c1-16(2)35-10-12-36(13-11-35)18-5-7-21(23(15-18)38-3)32-27-33-25-20(8-9-30-25)26(34-27)31-22-14-17(28)4-6-19(22)24(29)37/h4-9,14-16H,10-13H2,1-3H3,(H2,29,37)(H3,30,31,32,33,34). The zero-order valence-electron chi connectivity index (χ0n) is 21.6. The third-order valence-corrected chi connectivity index (χ3v) is 6.76. The molecule has 0 aromatic heterocycles. The van der Waals surface area contributed by atoms with Gasteiger partial charge in [-0.05, 0) is 50.2 Å². The molecule has 5 N–H and O–H groups in total. The van der Waals surface area contributed by atoms with E-state index in [0.29, 0.717) is 40.6 Å². The third-order valence-electron chi connectivity index (χ3n) is 6.76. The summed E-state index contributed by atoms with van der Waals surface area (Å²) in [6.45, 7) is 8.38. The van der Waals surface area contributed by atoms with Gasteiger partial charge < -0.3 is 31.0 Å². The van der Waals surface area contributed by atoms with Gasteiger partial charge in [0.25, 0.3) is 5.91 Å². The van der Waals surface area contributed by atoms with E-state index >= 15 is 0 Å². The van der Waals surface area contributed by atoms with Gasteiger partial charge in [-0.25, -0.2) is 9.37 Å². The number of benzene rings is 2. The number of aromatic amines is 1. The number of methoxy groups -OCH3 is 1. The minimum atomic E-state index is -0.680. The zero-order chi connectivity index (χ0) is 26.8. The quantitative estimate of drug-likeness (QED) is 0.274. The summed E-state index contributed by atoms with van der Waals surface area (Å²) >= 11 is 0. The van der Waals surface area contributed by atoms with Crippen molar-refractivity contribution in [2.75, 3.05) is 48.8 Å². The number of amides is 1. The van der Waals surface area contributed by atoms with Crippen molar-refractivity contribution in [1.29, 1.82) is 0 Å². The van der Waals surface area contributed by atoms with Gasteiger partial charge in [-0.15, -0.1) is 0 Å². The molecule has 0 aliphatic carbocycles. The Morgan fingerprint density at radius 3 is 2.58 bits per heavy atom. The highest BCUT2D eigenvalue weighted by Crippen LogP contribution is 2.35. The summed E-state index contributed by atoms with van der Waals surface area (Å²) in [5.41, 5.74) is 8.31. The van der Waals surface area contributed by atoms with Crippen LogP contribution in [0, 0.1) is 5.82 Å². The maximum Gasteiger partial charge on any atom is 0.250 e. The molecule has 5 rings (SSSR count). The number of nitrogens with one attached hydrogen (secondary N) is 3. The summed E-state index contributed by atoms with van der Waals surface area (Å²) in [5.74, 6) is 0.792. The topological polar surface area (TPSA) is 124 Å². The highest BCUT2D eigenvalue weighted by atomic mass is 19.1. The Hall–Kier alpha value is -4.38. The average Bonchev–Trinajstić information content (AvgIpc) is 3.38. The van der Waals surface area contributed by atoms with E-state index in [1.807, 2.05) is 12.1 Å². The van der Waals surface area contributed by atoms with Crippen LogP contribution in [0.3, 0.4) is 0 Å². The van der Waals surface area contributed by atoms with Crippen molar-refractivity contribution in [3.63, 3.8) is 0 Å². The van der Waals surface area contributed by atoms with Crippen LogP contribution in [0.25, 0.3) is 11.4 Å². The number of aromatic nitrogens is 3. The fraction of sp³-hybridized carbons (Fsp3) is 0.296. The number of primary amides is 1. The fourth-order valence-corrected chi connectivity index (χ4v) is 4.66. The van der Waals surface area contributed by atoms with Crippen LogP contribution < -0.4 is 26.0 Å². The molecule has 3 aliphatic rings. The predicted octanol–water partition coefficient (Wildman–Crippen LogP) is 4.17. The number of carbonyl (C=O) groups excluding carboxylic acids is 1. The highest BCUT2D eigenvalue weighted by molar-refractivity contribution is 5.99. The molecule has 1 saturated heterocycles. The number of nitrogens with two attached hydrogens (primary N) is 1. The molecule has 11 heteroatoms. The Balaban J connectivity index is 1.41. The van der Waals surface area contributed by atoms with E-state index in [9.17, 15) is 9.18 Å². The Labute approximate surface area is 220 Å². The van der Waals surface area contributed by atoms with Gasteiger partial charge in [-0.2, -0.15) is 4.98 Å². The number of piperazine rings is 1. The summed E-state index contributed by atoms with van der Waals surface area (Å²) in [6.07, 6.45) is 1.63. The number of hydrogen-bond acceptors (Lipinski definition) is 8. The van der Waals surface area contributed by atoms with Crippen molar-refractivity contribution in [3.05, 3.63) is 60.0 Å². The van der Waals surface area contributed by atoms with Gasteiger partial charge in [0, 0.05) is 50.2 Å². The first-order chi connectivity index (χ1) is 18.3. The minimum absolute atomic E-state index is 0.148. The second kappa shape index (κ2) is 10.5. The van der Waals surface area contributed by atoms with Gasteiger partial charge in [0.2, 0.25) is 5.95 Å². The van der Waals surface area contributed by atoms with E-state index in [2.05, 4.69) is 55.3 Å². The molecular formula is C27H31FN8O2. The SMILES string of the molecule is COc1cc(N2CCN(C(C)C)CC2)ccc1Nc1nc(Nc2cc(F)ccc2C(N)=O)c2ccnc-2[nH]1. The monoisotopic (exact) mass is 518 g/mol. The lowest BCUT2D eigenvalue weighted by Crippen LogP contribution is -2.48. The van der Waals surface area contributed by atoms with E-state index in [1.165, 1.54) is 18.2 Å². The molecule has 0 atom stereocenters. The molecule has 2 aromatic carbocycles. The number of rotatable bonds is 8. The van der Waals surface area contributed by atoms with Crippen molar-refractivity contribution in [1.82, 2.24) is 19.9 Å². The van der Waals surface area contributed by atoms with E-state index < -0.39 is 11.7 Å². The Kier molecular flexibility index (Phi) is 7.01. The maximum absolute atomic E-state index is 14.0. The minimum Gasteiger partial charge on any atom is -0.494 e. The number of H-pyrrole nitrogens is 1. The van der Waals surface area contributed by atoms with Crippen LogP contribution in [0.2, 0.25) is 0 Å². The molecular weight excluding hydrogens is 487 g/mol. The van der Waals surface area contributed by atoms with Crippen LogP contribution in [0.15, 0.2) is 48.7 Å². The summed E-state index contributed by atoms with van der Waals surface area (Å²) in [6, 6.07) is 12.1. The molecule has 198 valence electrons. The number of hydrogen-bond donors (Lipinski definition) is 4. The first-order valence-corrected chi connectivity index (χ1v) is 12.5. The van der Waals surface area contributed by atoms with Gasteiger partial charge in [0.05, 0.1) is 29.6 Å². The molecule has 1 amide bonds. The number of fused-ring (bicyclic) bond motifs is 1. The van der Waals surface area contributed by atoms with Crippen LogP contribution in [-0.2, 0) is 0 Å². The molecule has 0 saturated carbocycles. The molecule has 2 aromatic rings. The molecule has 1 fully saturated rings. The van der Waals surface area contributed by atoms with E-state index in [1.54, 1.807) is 19.4 Å². The lowest BCUT2D eigenvalue weighted by Gasteiger charge is -2.38. The molecule has 10 nitrogen and oxygen atoms in total. The largest absolute Gasteiger partial charge is 0.494 e. The van der Waals surface area contributed by atoms with Gasteiger partial charge in [-0.3, -0.25) is 9.69 Å². The zero-order valence-corrected chi connectivity index (χ0v) is 21.6. The van der Waals surface area contributed by atoms with Gasteiger partial charge in [-0.1, -0.05) is 0 Å². The van der Waals surface area contributed by atoms with Crippen LogP contribution >= 0.6 is 0 Å². The fourth-order valence-electron chi connectivity index (χ4n) is 4.66. The van der Waals surface area contributed by atoms with Crippen LogP contribution in [0.4, 0.5) is 33.2 Å². The molecule has 3 aliphatic heterocycles. The third kappa shape index (κ3) is 5.18. The highest BCUT2D eigenvalue weighted by Gasteiger charge is 2.21. The second-order valence-corrected chi connectivity index (χ2v) is 9.45. The van der Waals surface area contributed by atoms with E-state index in [4.69, 9.17) is 10.5 Å². The van der Waals surface area contributed by atoms with E-state index in [-0.39, 0.29) is 11.3 Å². The summed E-state index contributed by atoms with van der Waals surface area (Å²) in [7, 11) is 1.63. The maximum atomic E-state index is 14.0. The predicted molar refractivity (Wildman–Crippen MR) is 146 cm³/mol. The molecule has 0 unspecified atom stereocenters. The van der Waals surface area contributed by atoms with Crippen molar-refractivity contribution >= 4 is 34.7 Å². The second-order valence-electron chi connectivity index (χ2n) is 9.45. The van der Waals surface area contributed by atoms with Gasteiger partial charge in [0.1, 0.15) is 23.2 Å². The lowest BCUT2D eigenvalue weighted by atomic mass is 10.1. The number of ether oxygens (including phenoxy) is 1.